The monoisotopic (exact) mass is 327 g/mol. The lowest BCUT2D eigenvalue weighted by Crippen LogP contribution is -2.59. The van der Waals surface area contributed by atoms with Crippen LogP contribution in [0.15, 0.2) is 30.3 Å². The Bertz CT molecular complexity index is 812. The molecule has 0 aromatic heterocycles. The number of hydrogen-bond acceptors (Lipinski definition) is 4. The predicted octanol–water partition coefficient (Wildman–Crippen LogP) is 1.83. The maximum Gasteiger partial charge on any atom is 0.192 e. The molecule has 0 atom stereocenters. The third kappa shape index (κ3) is 2.23. The van der Waals surface area contributed by atoms with E-state index in [1.807, 2.05) is 31.1 Å². The molecule has 0 saturated heterocycles. The van der Waals surface area contributed by atoms with Crippen LogP contribution < -0.4 is 20.0 Å². The van der Waals surface area contributed by atoms with Crippen molar-refractivity contribution < 1.29 is 14.6 Å². The highest BCUT2D eigenvalue weighted by molar-refractivity contribution is 7.02. The number of carbonyl (C=O) groups is 1. The summed E-state index contributed by atoms with van der Waals surface area (Å²) in [5.41, 5.74) is 2.51. The molecule has 120 valence electrons. The van der Waals surface area contributed by atoms with E-state index in [-0.39, 0.29) is 11.5 Å². The quantitative estimate of drug-likeness (QED) is 0.855. The lowest BCUT2D eigenvalue weighted by molar-refractivity contribution is 0.103. The molecule has 0 spiro atoms. The van der Waals surface area contributed by atoms with E-state index in [9.17, 15) is 9.90 Å². The van der Waals surface area contributed by atoms with Crippen LogP contribution in [0.2, 0.25) is 13.1 Å². The minimum Gasteiger partial charge on any atom is -0.504 e. The summed E-state index contributed by atoms with van der Waals surface area (Å²) >= 11 is 0. The van der Waals surface area contributed by atoms with Gasteiger partial charge in [0.15, 0.2) is 17.3 Å². The highest BCUT2D eigenvalue weighted by atomic mass is 28.3. The molecule has 0 saturated carbocycles. The van der Waals surface area contributed by atoms with E-state index in [0.29, 0.717) is 11.3 Å². The van der Waals surface area contributed by atoms with Gasteiger partial charge in [-0.15, -0.1) is 0 Å². The number of nitrogens with zero attached hydrogens (tertiary/aromatic N) is 1. The fourth-order valence-corrected chi connectivity index (χ4v) is 6.28. The highest BCUT2D eigenvalue weighted by Crippen LogP contribution is 2.31. The molecule has 1 heterocycles. The molecule has 23 heavy (non-hydrogen) atoms. The van der Waals surface area contributed by atoms with Gasteiger partial charge in [-0.3, -0.25) is 4.79 Å². The first kappa shape index (κ1) is 15.6. The molecule has 0 amide bonds. The van der Waals surface area contributed by atoms with E-state index in [1.165, 1.54) is 7.11 Å². The number of carbonyl (C=O) groups excluding carboxylic acids is 1. The Hall–Kier alpha value is -2.27. The van der Waals surface area contributed by atoms with Crippen molar-refractivity contribution in [1.29, 1.82) is 0 Å². The Morgan fingerprint density at radius 3 is 2.30 bits per heavy atom. The number of rotatable bonds is 2. The van der Waals surface area contributed by atoms with Crippen LogP contribution in [0.4, 0.5) is 5.69 Å². The summed E-state index contributed by atoms with van der Waals surface area (Å²) in [7, 11) is 3.40. The van der Waals surface area contributed by atoms with Gasteiger partial charge in [0, 0.05) is 30.9 Å². The summed E-state index contributed by atoms with van der Waals surface area (Å²) < 4.78 is 5.17. The van der Waals surface area contributed by atoms with Gasteiger partial charge in [-0.25, -0.2) is 0 Å². The first-order chi connectivity index (χ1) is 10.8. The van der Waals surface area contributed by atoms with Gasteiger partial charge in [-0.05, 0) is 40.7 Å². The van der Waals surface area contributed by atoms with E-state index in [1.54, 1.807) is 12.1 Å². The van der Waals surface area contributed by atoms with Gasteiger partial charge in [0.1, 0.15) is 8.07 Å². The summed E-state index contributed by atoms with van der Waals surface area (Å²) in [5, 5.41) is 12.2. The van der Waals surface area contributed by atoms with E-state index in [0.717, 1.165) is 21.6 Å². The van der Waals surface area contributed by atoms with Gasteiger partial charge in [-0.1, -0.05) is 13.1 Å². The number of phenols is 1. The molecule has 3 rings (SSSR count). The maximum absolute atomic E-state index is 12.9. The number of phenolic OH excluding ortho intramolecular Hbond substituents is 1. The molecule has 2 aromatic carbocycles. The Morgan fingerprint density at radius 1 is 1.04 bits per heavy atom. The van der Waals surface area contributed by atoms with Crippen LogP contribution in [0.5, 0.6) is 11.5 Å². The third-order valence-corrected chi connectivity index (χ3v) is 8.20. The van der Waals surface area contributed by atoms with Crippen LogP contribution in [0.25, 0.3) is 0 Å². The number of ether oxygens (including phenoxy) is 1. The fourth-order valence-electron chi connectivity index (χ4n) is 3.25. The largest absolute Gasteiger partial charge is 0.504 e. The number of benzene rings is 2. The SMILES string of the molecule is COc1cc2c(cc1O)[Si](C)(C)c1cc(N(C)C)ccc1C2=O. The van der Waals surface area contributed by atoms with E-state index in [4.69, 9.17) is 4.74 Å². The summed E-state index contributed by atoms with van der Waals surface area (Å²) in [6.45, 7) is 4.42. The summed E-state index contributed by atoms with van der Waals surface area (Å²) in [6, 6.07) is 9.39. The minimum absolute atomic E-state index is 0.00503. The van der Waals surface area contributed by atoms with E-state index < -0.39 is 8.07 Å². The summed E-state index contributed by atoms with van der Waals surface area (Å²) in [5.74, 6) is 0.438. The lowest BCUT2D eigenvalue weighted by atomic mass is 10.0. The molecular weight excluding hydrogens is 306 g/mol. The average molecular weight is 327 g/mol. The number of hydrogen-bond donors (Lipinski definition) is 1. The molecule has 0 bridgehead atoms. The number of aromatic hydroxyl groups is 1. The maximum atomic E-state index is 12.9. The van der Waals surface area contributed by atoms with Gasteiger partial charge in [-0.2, -0.15) is 0 Å². The van der Waals surface area contributed by atoms with Crippen molar-refractivity contribution in [3.8, 4) is 11.5 Å². The second-order valence-corrected chi connectivity index (χ2v) is 11.0. The standard InChI is InChI=1S/C18H21NO3Si/c1-19(2)11-6-7-12-16(8-11)23(4,5)17-10-14(20)15(22-3)9-13(17)18(12)21/h6-10,20H,1-5H3. The molecule has 0 unspecified atom stereocenters. The molecule has 5 heteroatoms. The summed E-state index contributed by atoms with van der Waals surface area (Å²) in [4.78, 5) is 15.0. The molecule has 1 aliphatic heterocycles. The second-order valence-electron chi connectivity index (χ2n) is 6.65. The van der Waals surface area contributed by atoms with Gasteiger partial charge in [0.25, 0.3) is 0 Å². The van der Waals surface area contributed by atoms with Crippen molar-refractivity contribution in [1.82, 2.24) is 0 Å². The van der Waals surface area contributed by atoms with Crippen molar-refractivity contribution in [2.24, 2.45) is 0 Å². The van der Waals surface area contributed by atoms with Crippen LogP contribution >= 0.6 is 0 Å². The Kier molecular flexibility index (Phi) is 3.48. The molecule has 1 N–H and O–H groups in total. The number of fused-ring (bicyclic) bond motifs is 2. The van der Waals surface area contributed by atoms with Crippen molar-refractivity contribution in [3.05, 3.63) is 41.5 Å². The van der Waals surface area contributed by atoms with E-state index in [2.05, 4.69) is 19.2 Å². The van der Waals surface area contributed by atoms with Crippen molar-refractivity contribution in [2.75, 3.05) is 26.1 Å². The lowest BCUT2D eigenvalue weighted by Gasteiger charge is -2.33. The first-order valence-corrected chi connectivity index (χ1v) is 10.6. The predicted molar refractivity (Wildman–Crippen MR) is 95.6 cm³/mol. The molecule has 0 aliphatic carbocycles. The Labute approximate surface area is 137 Å². The summed E-state index contributed by atoms with van der Waals surface area (Å²) in [6.07, 6.45) is 0. The Balaban J connectivity index is 2.29. The van der Waals surface area contributed by atoms with Crippen molar-refractivity contribution in [3.63, 3.8) is 0 Å². The second kappa shape index (κ2) is 5.13. The van der Waals surface area contributed by atoms with Crippen molar-refractivity contribution >= 4 is 29.9 Å². The molecule has 0 radical (unpaired) electrons. The van der Waals surface area contributed by atoms with Gasteiger partial charge >= 0.3 is 0 Å². The van der Waals surface area contributed by atoms with Crippen LogP contribution in [-0.4, -0.2) is 40.2 Å². The average Bonchev–Trinajstić information content (AvgIpc) is 2.52. The number of ketones is 1. The molecule has 2 aromatic rings. The van der Waals surface area contributed by atoms with Crippen LogP contribution in [0.1, 0.15) is 15.9 Å². The zero-order valence-electron chi connectivity index (χ0n) is 14.1. The zero-order chi connectivity index (χ0) is 16.9. The molecular formula is C18H21NO3Si. The van der Waals surface area contributed by atoms with Gasteiger partial charge in [0.2, 0.25) is 0 Å². The number of anilines is 1. The topological polar surface area (TPSA) is 49.8 Å². The zero-order valence-corrected chi connectivity index (χ0v) is 15.1. The fraction of sp³-hybridized carbons (Fsp3) is 0.278. The molecule has 4 nitrogen and oxygen atoms in total. The molecule has 0 fully saturated rings. The van der Waals surface area contributed by atoms with Crippen LogP contribution in [-0.2, 0) is 0 Å². The third-order valence-electron chi connectivity index (χ3n) is 4.67. The first-order valence-electron chi connectivity index (χ1n) is 7.55. The number of methoxy groups -OCH3 is 1. The highest BCUT2D eigenvalue weighted by Gasteiger charge is 2.39. The van der Waals surface area contributed by atoms with Gasteiger partial charge < -0.3 is 14.7 Å². The molecule has 1 aliphatic rings. The normalized spacial score (nSPS) is 14.9. The van der Waals surface area contributed by atoms with Gasteiger partial charge in [0.05, 0.1) is 7.11 Å². The van der Waals surface area contributed by atoms with Crippen LogP contribution in [0.3, 0.4) is 0 Å². The van der Waals surface area contributed by atoms with E-state index >= 15 is 0 Å². The van der Waals surface area contributed by atoms with Crippen molar-refractivity contribution in [2.45, 2.75) is 13.1 Å². The minimum atomic E-state index is -2.08. The Morgan fingerprint density at radius 2 is 1.70 bits per heavy atom. The van der Waals surface area contributed by atoms with Crippen LogP contribution in [0, 0.1) is 0 Å². The smallest absolute Gasteiger partial charge is 0.192 e.